The molecule has 0 unspecified atom stereocenters. The van der Waals surface area contributed by atoms with Gasteiger partial charge < -0.3 is 15.0 Å². The molecule has 0 aliphatic heterocycles. The van der Waals surface area contributed by atoms with E-state index in [1.807, 2.05) is 0 Å². The number of anilines is 1. The van der Waals surface area contributed by atoms with Crippen LogP contribution in [-0.4, -0.2) is 45.3 Å². The minimum Gasteiger partial charge on any atom is -0.383 e. The fourth-order valence-electron chi connectivity index (χ4n) is 1.92. The second kappa shape index (κ2) is 7.12. The van der Waals surface area contributed by atoms with Crippen LogP contribution in [-0.2, 0) is 4.74 Å². The first-order chi connectivity index (χ1) is 9.25. The van der Waals surface area contributed by atoms with Crippen molar-refractivity contribution >= 4 is 16.5 Å². The molecule has 3 heteroatoms. The van der Waals surface area contributed by atoms with Crippen molar-refractivity contribution in [2.24, 2.45) is 0 Å². The van der Waals surface area contributed by atoms with Crippen LogP contribution in [0.5, 0.6) is 0 Å². The first-order valence-electron chi connectivity index (χ1n) is 6.71. The van der Waals surface area contributed by atoms with Crippen molar-refractivity contribution in [3.8, 4) is 0 Å². The van der Waals surface area contributed by atoms with E-state index in [0.29, 0.717) is 0 Å². The van der Waals surface area contributed by atoms with Crippen LogP contribution in [0.15, 0.2) is 42.5 Å². The molecular weight excluding hydrogens is 236 g/mol. The Bertz CT molecular complexity index is 511. The summed E-state index contributed by atoms with van der Waals surface area (Å²) < 4.78 is 5.55. The smallest absolute Gasteiger partial charge is 0.0639 e. The van der Waals surface area contributed by atoms with E-state index in [1.165, 1.54) is 10.8 Å². The number of ether oxygens (including phenoxy) is 1. The third-order valence-corrected chi connectivity index (χ3v) is 3.01. The summed E-state index contributed by atoms with van der Waals surface area (Å²) in [4.78, 5) is 2.12. The lowest BCUT2D eigenvalue weighted by atomic mass is 10.1. The van der Waals surface area contributed by atoms with E-state index in [4.69, 9.17) is 4.74 Å². The molecule has 0 radical (unpaired) electrons. The lowest BCUT2D eigenvalue weighted by Crippen LogP contribution is -2.20. The molecular formula is C16H22N2O. The number of likely N-dealkylation sites (N-methyl/N-ethyl adjacent to an activating group) is 1. The molecule has 0 aliphatic rings. The zero-order valence-electron chi connectivity index (χ0n) is 11.7. The van der Waals surface area contributed by atoms with Crippen LogP contribution in [0.4, 0.5) is 5.69 Å². The Morgan fingerprint density at radius 3 is 2.58 bits per heavy atom. The molecule has 0 aromatic heterocycles. The summed E-state index contributed by atoms with van der Waals surface area (Å²) in [5, 5.41) is 5.92. The van der Waals surface area contributed by atoms with Gasteiger partial charge in [0, 0.05) is 18.8 Å². The van der Waals surface area contributed by atoms with Gasteiger partial charge in [-0.3, -0.25) is 0 Å². The molecule has 0 saturated carbocycles. The summed E-state index contributed by atoms with van der Waals surface area (Å²) in [5.41, 5.74) is 1.15. The molecule has 1 N–H and O–H groups in total. The highest BCUT2D eigenvalue weighted by Gasteiger charge is 1.96. The normalized spacial score (nSPS) is 11.1. The van der Waals surface area contributed by atoms with E-state index in [9.17, 15) is 0 Å². The van der Waals surface area contributed by atoms with E-state index < -0.39 is 0 Å². The Labute approximate surface area is 115 Å². The minimum atomic E-state index is 0.737. The molecule has 102 valence electrons. The molecule has 0 atom stereocenters. The maximum atomic E-state index is 5.55. The Hall–Kier alpha value is -1.58. The Morgan fingerprint density at radius 1 is 1.00 bits per heavy atom. The molecule has 2 aromatic rings. The highest BCUT2D eigenvalue weighted by Crippen LogP contribution is 2.18. The van der Waals surface area contributed by atoms with Crippen molar-refractivity contribution in [1.82, 2.24) is 4.90 Å². The first-order valence-corrected chi connectivity index (χ1v) is 6.71. The summed E-state index contributed by atoms with van der Waals surface area (Å²) in [7, 11) is 4.10. The average Bonchev–Trinajstić information content (AvgIpc) is 2.42. The highest BCUT2D eigenvalue weighted by atomic mass is 16.5. The molecule has 0 amide bonds. The molecule has 0 saturated heterocycles. The van der Waals surface area contributed by atoms with Gasteiger partial charge in [0.25, 0.3) is 0 Å². The standard InChI is InChI=1S/C16H22N2O/c1-18(2)10-12-19-11-9-17-16-8-7-14-5-3-4-6-15(14)13-16/h3-8,13,17H,9-12H2,1-2H3. The van der Waals surface area contributed by atoms with E-state index in [1.54, 1.807) is 0 Å². The van der Waals surface area contributed by atoms with Gasteiger partial charge in [-0.1, -0.05) is 30.3 Å². The number of nitrogens with one attached hydrogen (secondary N) is 1. The lowest BCUT2D eigenvalue weighted by molar-refractivity contribution is 0.126. The number of hydrogen-bond donors (Lipinski definition) is 1. The van der Waals surface area contributed by atoms with Gasteiger partial charge >= 0.3 is 0 Å². The van der Waals surface area contributed by atoms with Crippen molar-refractivity contribution in [3.05, 3.63) is 42.5 Å². The van der Waals surface area contributed by atoms with Crippen LogP contribution in [0.25, 0.3) is 10.8 Å². The second-order valence-electron chi connectivity index (χ2n) is 4.90. The van der Waals surface area contributed by atoms with E-state index in [0.717, 1.165) is 32.0 Å². The van der Waals surface area contributed by atoms with Crippen molar-refractivity contribution in [2.75, 3.05) is 45.7 Å². The zero-order valence-corrected chi connectivity index (χ0v) is 11.7. The minimum absolute atomic E-state index is 0.737. The maximum absolute atomic E-state index is 5.55. The molecule has 0 aliphatic carbocycles. The van der Waals surface area contributed by atoms with Gasteiger partial charge in [-0.25, -0.2) is 0 Å². The zero-order chi connectivity index (χ0) is 13.5. The van der Waals surface area contributed by atoms with Crippen molar-refractivity contribution in [3.63, 3.8) is 0 Å². The molecule has 2 rings (SSSR count). The van der Waals surface area contributed by atoms with Crippen molar-refractivity contribution in [1.29, 1.82) is 0 Å². The van der Waals surface area contributed by atoms with Crippen molar-refractivity contribution in [2.45, 2.75) is 0 Å². The summed E-state index contributed by atoms with van der Waals surface area (Å²) >= 11 is 0. The number of fused-ring (bicyclic) bond motifs is 1. The quantitative estimate of drug-likeness (QED) is 0.773. The van der Waals surface area contributed by atoms with Gasteiger partial charge in [0.2, 0.25) is 0 Å². The predicted octanol–water partition coefficient (Wildman–Crippen LogP) is 2.83. The van der Waals surface area contributed by atoms with E-state index >= 15 is 0 Å². The Morgan fingerprint density at radius 2 is 1.79 bits per heavy atom. The largest absolute Gasteiger partial charge is 0.383 e. The van der Waals surface area contributed by atoms with Crippen LogP contribution in [0.3, 0.4) is 0 Å². The highest BCUT2D eigenvalue weighted by molar-refractivity contribution is 5.85. The van der Waals surface area contributed by atoms with Gasteiger partial charge in [0.1, 0.15) is 0 Å². The molecule has 0 heterocycles. The summed E-state index contributed by atoms with van der Waals surface area (Å²) in [5.74, 6) is 0. The molecule has 19 heavy (non-hydrogen) atoms. The number of benzene rings is 2. The van der Waals surface area contributed by atoms with Gasteiger partial charge in [-0.15, -0.1) is 0 Å². The number of hydrogen-bond acceptors (Lipinski definition) is 3. The maximum Gasteiger partial charge on any atom is 0.0639 e. The number of rotatable bonds is 7. The monoisotopic (exact) mass is 258 g/mol. The molecule has 0 spiro atoms. The van der Waals surface area contributed by atoms with Crippen molar-refractivity contribution < 1.29 is 4.74 Å². The van der Waals surface area contributed by atoms with Gasteiger partial charge in [-0.2, -0.15) is 0 Å². The van der Waals surface area contributed by atoms with Crippen LogP contribution in [0.1, 0.15) is 0 Å². The number of nitrogens with zero attached hydrogens (tertiary/aromatic N) is 1. The first kappa shape index (κ1) is 13.8. The molecule has 0 fully saturated rings. The van der Waals surface area contributed by atoms with Gasteiger partial charge in [-0.05, 0) is 37.0 Å². The molecule has 0 bridgehead atoms. The molecule has 2 aromatic carbocycles. The lowest BCUT2D eigenvalue weighted by Gasteiger charge is -2.11. The van der Waals surface area contributed by atoms with Crippen LogP contribution < -0.4 is 5.32 Å². The van der Waals surface area contributed by atoms with E-state index in [-0.39, 0.29) is 0 Å². The van der Waals surface area contributed by atoms with Crippen LogP contribution in [0.2, 0.25) is 0 Å². The van der Waals surface area contributed by atoms with Gasteiger partial charge in [0.05, 0.1) is 13.2 Å². The summed E-state index contributed by atoms with van der Waals surface area (Å²) in [6.07, 6.45) is 0. The topological polar surface area (TPSA) is 24.5 Å². The summed E-state index contributed by atoms with van der Waals surface area (Å²) in [6.45, 7) is 3.33. The SMILES string of the molecule is CN(C)CCOCCNc1ccc2ccccc2c1. The fourth-order valence-corrected chi connectivity index (χ4v) is 1.92. The Balaban J connectivity index is 1.75. The third kappa shape index (κ3) is 4.54. The fraction of sp³-hybridized carbons (Fsp3) is 0.375. The van der Waals surface area contributed by atoms with Crippen LogP contribution >= 0.6 is 0 Å². The molecule has 3 nitrogen and oxygen atoms in total. The second-order valence-corrected chi connectivity index (χ2v) is 4.90. The van der Waals surface area contributed by atoms with E-state index in [2.05, 4.69) is 66.8 Å². The van der Waals surface area contributed by atoms with Crippen LogP contribution in [0, 0.1) is 0 Å². The third-order valence-electron chi connectivity index (χ3n) is 3.01. The summed E-state index contributed by atoms with van der Waals surface area (Å²) in [6, 6.07) is 14.8. The predicted molar refractivity (Wildman–Crippen MR) is 81.8 cm³/mol. The Kier molecular flexibility index (Phi) is 5.19. The average molecular weight is 258 g/mol. The van der Waals surface area contributed by atoms with Gasteiger partial charge in [0.15, 0.2) is 0 Å².